The second kappa shape index (κ2) is 7.94. The minimum Gasteiger partial charge on any atom is -0.481 e. The number of rotatable bonds is 7. The van der Waals surface area contributed by atoms with Gasteiger partial charge in [0.25, 0.3) is 5.91 Å². The summed E-state index contributed by atoms with van der Waals surface area (Å²) in [6, 6.07) is 7.31. The van der Waals surface area contributed by atoms with E-state index in [1.807, 2.05) is 19.1 Å². The molecule has 4 nitrogen and oxygen atoms in total. The number of aliphatic carboxylic acids is 1. The highest BCUT2D eigenvalue weighted by Crippen LogP contribution is 2.22. The summed E-state index contributed by atoms with van der Waals surface area (Å²) in [4.78, 5) is 23.6. The second-order valence-corrected chi connectivity index (χ2v) is 6.65. The molecule has 0 aliphatic carbocycles. The van der Waals surface area contributed by atoms with Gasteiger partial charge in [0.05, 0.1) is 0 Å². The Morgan fingerprint density at radius 3 is 2.30 bits per heavy atom. The molecule has 5 heteroatoms. The van der Waals surface area contributed by atoms with Crippen LogP contribution in [0.2, 0.25) is 0 Å². The minimum absolute atomic E-state index is 0.0609. The molecule has 0 fully saturated rings. The monoisotopic (exact) mass is 295 g/mol. The number of thioether (sulfide) groups is 1. The Morgan fingerprint density at radius 1 is 1.20 bits per heavy atom. The normalized spacial score (nSPS) is 12.2. The molecular formula is C15H21NO3S. The van der Waals surface area contributed by atoms with Crippen molar-refractivity contribution in [2.24, 2.45) is 0 Å². The molecule has 0 aliphatic rings. The summed E-state index contributed by atoms with van der Waals surface area (Å²) >= 11 is 1.75. The van der Waals surface area contributed by atoms with Crippen LogP contribution in [0.15, 0.2) is 29.2 Å². The number of hydrogen-bond donors (Lipinski definition) is 2. The molecule has 0 saturated carbocycles. The Hall–Kier alpha value is -1.49. The molecule has 1 amide bonds. The highest BCUT2D eigenvalue weighted by molar-refractivity contribution is 7.99. The number of carbonyl (C=O) groups excluding carboxylic acids is 1. The van der Waals surface area contributed by atoms with Crippen LogP contribution in [0.5, 0.6) is 0 Å². The molecule has 20 heavy (non-hydrogen) atoms. The van der Waals surface area contributed by atoms with Gasteiger partial charge in [0.2, 0.25) is 0 Å². The maximum absolute atomic E-state index is 12.0. The third-order valence-corrected chi connectivity index (χ3v) is 3.67. The quantitative estimate of drug-likeness (QED) is 0.758. The van der Waals surface area contributed by atoms with Gasteiger partial charge in [-0.05, 0) is 37.6 Å². The fourth-order valence-electron chi connectivity index (χ4n) is 1.68. The molecule has 1 aromatic carbocycles. The highest BCUT2D eigenvalue weighted by atomic mass is 32.2. The number of nitrogens with one attached hydrogen (secondary N) is 1. The SMILES string of the molecule is CC(CCC(=O)O)NC(=O)c1ccc(SC(C)C)cc1. The molecule has 0 aromatic heterocycles. The Kier molecular flexibility index (Phi) is 6.58. The maximum atomic E-state index is 12.0. The fourth-order valence-corrected chi connectivity index (χ4v) is 2.51. The number of hydrogen-bond acceptors (Lipinski definition) is 3. The summed E-state index contributed by atoms with van der Waals surface area (Å²) in [6.45, 7) is 6.05. The van der Waals surface area contributed by atoms with Gasteiger partial charge in [-0.25, -0.2) is 0 Å². The lowest BCUT2D eigenvalue weighted by Gasteiger charge is -2.13. The third-order valence-electron chi connectivity index (χ3n) is 2.66. The fraction of sp³-hybridized carbons (Fsp3) is 0.467. The lowest BCUT2D eigenvalue weighted by Crippen LogP contribution is -2.32. The minimum atomic E-state index is -0.846. The zero-order valence-corrected chi connectivity index (χ0v) is 12.9. The van der Waals surface area contributed by atoms with Crippen molar-refractivity contribution >= 4 is 23.6 Å². The van der Waals surface area contributed by atoms with Crippen molar-refractivity contribution < 1.29 is 14.7 Å². The van der Waals surface area contributed by atoms with Crippen LogP contribution in [0.25, 0.3) is 0 Å². The van der Waals surface area contributed by atoms with Crippen LogP contribution in [0.4, 0.5) is 0 Å². The van der Waals surface area contributed by atoms with Crippen molar-refractivity contribution in [2.75, 3.05) is 0 Å². The molecule has 0 bridgehead atoms. The first kappa shape index (κ1) is 16.6. The van der Waals surface area contributed by atoms with Crippen LogP contribution in [0, 0.1) is 0 Å². The van der Waals surface area contributed by atoms with E-state index in [4.69, 9.17) is 5.11 Å². The molecule has 0 radical (unpaired) electrons. The Morgan fingerprint density at radius 2 is 1.80 bits per heavy atom. The van der Waals surface area contributed by atoms with Gasteiger partial charge >= 0.3 is 5.97 Å². The van der Waals surface area contributed by atoms with E-state index in [1.54, 1.807) is 23.9 Å². The van der Waals surface area contributed by atoms with Crippen molar-refractivity contribution in [3.8, 4) is 0 Å². The number of amides is 1. The standard InChI is InChI=1S/C15H21NO3S/c1-10(2)20-13-7-5-12(6-8-13)15(19)16-11(3)4-9-14(17)18/h5-8,10-11H,4,9H2,1-3H3,(H,16,19)(H,17,18). The molecule has 1 rings (SSSR count). The lowest BCUT2D eigenvalue weighted by atomic mass is 10.1. The maximum Gasteiger partial charge on any atom is 0.303 e. The van der Waals surface area contributed by atoms with Gasteiger partial charge in [-0.1, -0.05) is 13.8 Å². The van der Waals surface area contributed by atoms with E-state index in [0.717, 1.165) is 4.90 Å². The predicted octanol–water partition coefficient (Wildman–Crippen LogP) is 3.17. The average Bonchev–Trinajstić information content (AvgIpc) is 2.36. The topological polar surface area (TPSA) is 66.4 Å². The number of carboxylic acid groups (broad SMARTS) is 1. The summed E-state index contributed by atoms with van der Waals surface area (Å²) in [5.74, 6) is -1.01. The molecule has 2 N–H and O–H groups in total. The van der Waals surface area contributed by atoms with Crippen LogP contribution >= 0.6 is 11.8 Å². The zero-order valence-electron chi connectivity index (χ0n) is 12.1. The van der Waals surface area contributed by atoms with Gasteiger partial charge < -0.3 is 10.4 Å². The average molecular weight is 295 g/mol. The van der Waals surface area contributed by atoms with E-state index in [2.05, 4.69) is 19.2 Å². The van der Waals surface area contributed by atoms with Crippen LogP contribution in [-0.2, 0) is 4.79 Å². The van der Waals surface area contributed by atoms with E-state index in [0.29, 0.717) is 17.2 Å². The van der Waals surface area contributed by atoms with E-state index < -0.39 is 5.97 Å². The zero-order chi connectivity index (χ0) is 15.1. The number of carboxylic acids is 1. The van der Waals surface area contributed by atoms with Gasteiger partial charge in [0, 0.05) is 28.2 Å². The van der Waals surface area contributed by atoms with Crippen LogP contribution in [0.3, 0.4) is 0 Å². The Bertz CT molecular complexity index is 457. The van der Waals surface area contributed by atoms with Gasteiger partial charge in [-0.15, -0.1) is 11.8 Å². The summed E-state index contributed by atoms with van der Waals surface area (Å²) in [7, 11) is 0. The summed E-state index contributed by atoms with van der Waals surface area (Å²) in [5.41, 5.74) is 0.597. The molecule has 0 aliphatic heterocycles. The van der Waals surface area contributed by atoms with Crippen LogP contribution in [-0.4, -0.2) is 28.3 Å². The first-order valence-electron chi connectivity index (χ1n) is 6.68. The molecule has 0 spiro atoms. The van der Waals surface area contributed by atoms with E-state index in [9.17, 15) is 9.59 Å². The molecule has 1 unspecified atom stereocenters. The van der Waals surface area contributed by atoms with E-state index in [1.165, 1.54) is 0 Å². The first-order valence-corrected chi connectivity index (χ1v) is 7.56. The Labute approximate surface area is 124 Å². The summed E-state index contributed by atoms with van der Waals surface area (Å²) < 4.78 is 0. The van der Waals surface area contributed by atoms with Crippen LogP contribution < -0.4 is 5.32 Å². The van der Waals surface area contributed by atoms with Crippen molar-refractivity contribution in [1.82, 2.24) is 5.32 Å². The number of benzene rings is 1. The summed E-state index contributed by atoms with van der Waals surface area (Å²) in [6.07, 6.45) is 0.494. The molecule has 0 saturated heterocycles. The van der Waals surface area contributed by atoms with Gasteiger partial charge in [-0.3, -0.25) is 9.59 Å². The van der Waals surface area contributed by atoms with E-state index in [-0.39, 0.29) is 18.4 Å². The Balaban J connectivity index is 2.52. The molecule has 110 valence electrons. The first-order chi connectivity index (χ1) is 9.38. The van der Waals surface area contributed by atoms with Gasteiger partial charge in [0.15, 0.2) is 0 Å². The molecule has 1 atom stereocenters. The van der Waals surface area contributed by atoms with Crippen molar-refractivity contribution in [2.45, 2.75) is 49.8 Å². The predicted molar refractivity (Wildman–Crippen MR) is 81.2 cm³/mol. The van der Waals surface area contributed by atoms with Gasteiger partial charge in [-0.2, -0.15) is 0 Å². The van der Waals surface area contributed by atoms with Crippen molar-refractivity contribution in [3.05, 3.63) is 29.8 Å². The van der Waals surface area contributed by atoms with Crippen molar-refractivity contribution in [3.63, 3.8) is 0 Å². The molecular weight excluding hydrogens is 274 g/mol. The summed E-state index contributed by atoms with van der Waals surface area (Å²) in [5, 5.41) is 11.9. The van der Waals surface area contributed by atoms with Crippen molar-refractivity contribution in [1.29, 1.82) is 0 Å². The lowest BCUT2D eigenvalue weighted by molar-refractivity contribution is -0.137. The van der Waals surface area contributed by atoms with E-state index >= 15 is 0 Å². The van der Waals surface area contributed by atoms with Gasteiger partial charge in [0.1, 0.15) is 0 Å². The number of carbonyl (C=O) groups is 2. The highest BCUT2D eigenvalue weighted by Gasteiger charge is 2.11. The van der Waals surface area contributed by atoms with Crippen LogP contribution in [0.1, 0.15) is 44.0 Å². The second-order valence-electron chi connectivity index (χ2n) is 5.00. The molecule has 0 heterocycles. The third kappa shape index (κ3) is 6.10. The largest absolute Gasteiger partial charge is 0.481 e. The molecule has 1 aromatic rings. The smallest absolute Gasteiger partial charge is 0.303 e.